The minimum Gasteiger partial charge on any atom is -0.361 e. The summed E-state index contributed by atoms with van der Waals surface area (Å²) in [6.45, 7) is 4.65. The average molecular weight is 254 g/mol. The van der Waals surface area contributed by atoms with Crippen LogP contribution in [0.5, 0.6) is 0 Å². The monoisotopic (exact) mass is 254 g/mol. The number of aryl methyl sites for hydroxylation is 2. The van der Waals surface area contributed by atoms with Crippen molar-refractivity contribution in [2.24, 2.45) is 5.73 Å². The van der Waals surface area contributed by atoms with E-state index in [4.69, 9.17) is 5.73 Å². The minimum absolute atomic E-state index is 0.125. The third-order valence-electron chi connectivity index (χ3n) is 3.56. The predicted molar refractivity (Wildman–Crippen MR) is 77.3 cm³/mol. The molecule has 2 heterocycles. The van der Waals surface area contributed by atoms with Crippen molar-refractivity contribution in [1.29, 1.82) is 0 Å². The second-order valence-corrected chi connectivity index (χ2v) is 5.06. The Hall–Kier alpha value is -2.07. The van der Waals surface area contributed by atoms with Gasteiger partial charge in [0.05, 0.1) is 5.69 Å². The zero-order valence-electron chi connectivity index (χ0n) is 11.2. The summed E-state index contributed by atoms with van der Waals surface area (Å²) in [6.07, 6.45) is 2.05. The van der Waals surface area contributed by atoms with Gasteiger partial charge in [0, 0.05) is 35.3 Å². The fraction of sp³-hybridized carbons (Fsp3) is 0.267. The fourth-order valence-electron chi connectivity index (χ4n) is 2.57. The average Bonchev–Trinajstić information content (AvgIpc) is 2.98. The Morgan fingerprint density at radius 3 is 2.79 bits per heavy atom. The number of rotatable bonds is 3. The molecular formula is C15H18N4. The van der Waals surface area contributed by atoms with E-state index in [-0.39, 0.29) is 5.92 Å². The first-order chi connectivity index (χ1) is 9.19. The molecule has 4 N–H and O–H groups in total. The molecule has 1 aromatic carbocycles. The number of hydrogen-bond acceptors (Lipinski definition) is 2. The van der Waals surface area contributed by atoms with Gasteiger partial charge < -0.3 is 10.7 Å². The topological polar surface area (TPSA) is 70.5 Å². The van der Waals surface area contributed by atoms with Gasteiger partial charge in [0.15, 0.2) is 0 Å². The van der Waals surface area contributed by atoms with Gasteiger partial charge in [-0.05, 0) is 37.6 Å². The highest BCUT2D eigenvalue weighted by Crippen LogP contribution is 2.30. The third-order valence-corrected chi connectivity index (χ3v) is 3.56. The van der Waals surface area contributed by atoms with Crippen LogP contribution in [0.25, 0.3) is 10.9 Å². The zero-order valence-corrected chi connectivity index (χ0v) is 11.2. The van der Waals surface area contributed by atoms with Crippen LogP contribution in [0.2, 0.25) is 0 Å². The van der Waals surface area contributed by atoms with Crippen molar-refractivity contribution >= 4 is 10.9 Å². The first-order valence-electron chi connectivity index (χ1n) is 6.48. The van der Waals surface area contributed by atoms with Crippen molar-refractivity contribution in [3.63, 3.8) is 0 Å². The molecule has 3 rings (SSSR count). The maximum Gasteiger partial charge on any atom is 0.0713 e. The number of aromatic nitrogens is 3. The van der Waals surface area contributed by atoms with Gasteiger partial charge in [-0.15, -0.1) is 0 Å². The van der Waals surface area contributed by atoms with E-state index in [1.54, 1.807) is 0 Å². The Morgan fingerprint density at radius 2 is 2.11 bits per heavy atom. The van der Waals surface area contributed by atoms with E-state index in [1.807, 2.05) is 13.1 Å². The summed E-state index contributed by atoms with van der Waals surface area (Å²) in [6, 6.07) is 8.48. The molecule has 0 spiro atoms. The van der Waals surface area contributed by atoms with Crippen molar-refractivity contribution in [3.8, 4) is 0 Å². The van der Waals surface area contributed by atoms with E-state index in [0.29, 0.717) is 6.54 Å². The molecule has 4 heteroatoms. The summed E-state index contributed by atoms with van der Waals surface area (Å²) in [7, 11) is 0. The number of nitrogens with one attached hydrogen (secondary N) is 2. The molecule has 3 aromatic rings. The number of fused-ring (bicyclic) bond motifs is 1. The first-order valence-corrected chi connectivity index (χ1v) is 6.48. The number of aromatic amines is 2. The Morgan fingerprint density at radius 1 is 1.26 bits per heavy atom. The smallest absolute Gasteiger partial charge is 0.0713 e. The molecule has 0 radical (unpaired) electrons. The van der Waals surface area contributed by atoms with Crippen LogP contribution in [0.4, 0.5) is 0 Å². The van der Waals surface area contributed by atoms with Gasteiger partial charge in [-0.2, -0.15) is 5.10 Å². The van der Waals surface area contributed by atoms with Gasteiger partial charge >= 0.3 is 0 Å². The van der Waals surface area contributed by atoms with Crippen LogP contribution < -0.4 is 5.73 Å². The molecule has 0 fully saturated rings. The molecule has 1 atom stereocenters. The largest absolute Gasteiger partial charge is 0.361 e. The Labute approximate surface area is 112 Å². The summed E-state index contributed by atoms with van der Waals surface area (Å²) in [4.78, 5) is 3.31. The van der Waals surface area contributed by atoms with Gasteiger partial charge in [0.2, 0.25) is 0 Å². The highest BCUT2D eigenvalue weighted by atomic mass is 15.1. The van der Waals surface area contributed by atoms with Crippen LogP contribution in [-0.2, 0) is 0 Å². The summed E-state index contributed by atoms with van der Waals surface area (Å²) < 4.78 is 0. The van der Waals surface area contributed by atoms with Gasteiger partial charge in [-0.1, -0.05) is 11.6 Å². The van der Waals surface area contributed by atoms with Gasteiger partial charge in [-0.3, -0.25) is 5.10 Å². The molecule has 0 aliphatic rings. The molecule has 0 amide bonds. The van der Waals surface area contributed by atoms with E-state index in [2.05, 4.69) is 46.4 Å². The van der Waals surface area contributed by atoms with E-state index >= 15 is 0 Å². The van der Waals surface area contributed by atoms with Crippen LogP contribution in [0, 0.1) is 13.8 Å². The van der Waals surface area contributed by atoms with Crippen LogP contribution in [-0.4, -0.2) is 21.7 Å². The lowest BCUT2D eigenvalue weighted by Crippen LogP contribution is -2.14. The number of H-pyrrole nitrogens is 2. The van der Waals surface area contributed by atoms with Crippen LogP contribution in [0.3, 0.4) is 0 Å². The molecule has 98 valence electrons. The maximum atomic E-state index is 5.97. The molecular weight excluding hydrogens is 236 g/mol. The van der Waals surface area contributed by atoms with Crippen LogP contribution in [0.15, 0.2) is 30.5 Å². The first kappa shape index (κ1) is 12.0. The quantitative estimate of drug-likeness (QED) is 0.672. The highest BCUT2D eigenvalue weighted by Gasteiger charge is 2.19. The van der Waals surface area contributed by atoms with Crippen molar-refractivity contribution in [1.82, 2.24) is 15.2 Å². The molecule has 2 aromatic heterocycles. The van der Waals surface area contributed by atoms with Gasteiger partial charge in [0.25, 0.3) is 0 Å². The van der Waals surface area contributed by atoms with E-state index in [0.717, 1.165) is 16.9 Å². The molecule has 0 saturated carbocycles. The normalized spacial score (nSPS) is 13.0. The summed E-state index contributed by atoms with van der Waals surface area (Å²) >= 11 is 0. The number of hydrogen-bond donors (Lipinski definition) is 3. The molecule has 0 bridgehead atoms. The van der Waals surface area contributed by atoms with Gasteiger partial charge in [0.1, 0.15) is 0 Å². The Bertz CT molecular complexity index is 708. The predicted octanol–water partition coefficient (Wildman–Crippen LogP) is 2.60. The van der Waals surface area contributed by atoms with Gasteiger partial charge in [-0.25, -0.2) is 0 Å². The van der Waals surface area contributed by atoms with E-state index < -0.39 is 0 Å². The molecule has 19 heavy (non-hydrogen) atoms. The molecule has 0 aliphatic heterocycles. The fourth-order valence-corrected chi connectivity index (χ4v) is 2.57. The lowest BCUT2D eigenvalue weighted by atomic mass is 9.94. The highest BCUT2D eigenvalue weighted by molar-refractivity contribution is 5.84. The standard InChI is InChI=1S/C15H18N4/c1-9-3-4-14-11(5-9)13(8-17-14)12(7-16)15-6-10(2)18-19-15/h3-6,8,12,17H,7,16H2,1-2H3,(H,18,19). The second kappa shape index (κ2) is 4.55. The summed E-state index contributed by atoms with van der Waals surface area (Å²) in [5, 5.41) is 8.57. The molecule has 0 aliphatic carbocycles. The number of nitrogens with zero attached hydrogens (tertiary/aromatic N) is 1. The Kier molecular flexibility index (Phi) is 2.87. The number of nitrogens with two attached hydrogens (primary N) is 1. The van der Waals surface area contributed by atoms with Crippen molar-refractivity contribution < 1.29 is 0 Å². The third kappa shape index (κ3) is 2.04. The maximum absolute atomic E-state index is 5.97. The molecule has 0 saturated heterocycles. The second-order valence-electron chi connectivity index (χ2n) is 5.06. The van der Waals surface area contributed by atoms with Crippen LogP contribution in [0.1, 0.15) is 28.4 Å². The minimum atomic E-state index is 0.125. The van der Waals surface area contributed by atoms with Crippen molar-refractivity contribution in [2.75, 3.05) is 6.54 Å². The van der Waals surface area contributed by atoms with Crippen molar-refractivity contribution in [3.05, 3.63) is 53.0 Å². The SMILES string of the molecule is Cc1ccc2[nH]cc(C(CN)c3cc(C)[nH]n3)c2c1. The lowest BCUT2D eigenvalue weighted by Gasteiger charge is -2.11. The summed E-state index contributed by atoms with van der Waals surface area (Å²) in [5.41, 5.74) is 11.6. The Balaban J connectivity index is 2.13. The summed E-state index contributed by atoms with van der Waals surface area (Å²) in [5.74, 6) is 0.125. The number of benzene rings is 1. The van der Waals surface area contributed by atoms with Crippen LogP contribution >= 0.6 is 0 Å². The van der Waals surface area contributed by atoms with Crippen molar-refractivity contribution in [2.45, 2.75) is 19.8 Å². The zero-order chi connectivity index (χ0) is 13.4. The molecule has 4 nitrogen and oxygen atoms in total. The van der Waals surface area contributed by atoms with E-state index in [1.165, 1.54) is 16.5 Å². The lowest BCUT2D eigenvalue weighted by molar-refractivity contribution is 0.784. The van der Waals surface area contributed by atoms with E-state index in [9.17, 15) is 0 Å². The molecule has 1 unspecified atom stereocenters.